The van der Waals surface area contributed by atoms with Crippen LogP contribution in [-0.4, -0.2) is 34.4 Å². The van der Waals surface area contributed by atoms with Gasteiger partial charge in [0.25, 0.3) is 11.8 Å². The first-order valence-corrected chi connectivity index (χ1v) is 8.83. The Hall–Kier alpha value is -3.74. The molecule has 0 aliphatic carbocycles. The van der Waals surface area contributed by atoms with E-state index in [4.69, 9.17) is 9.57 Å². The minimum atomic E-state index is -0.890. The molecule has 0 spiro atoms. The van der Waals surface area contributed by atoms with Crippen LogP contribution in [0.1, 0.15) is 44.4 Å². The highest BCUT2D eigenvalue weighted by Gasteiger charge is 2.39. The second kappa shape index (κ2) is 7.11. The monoisotopic (exact) mass is 376 g/mol. The van der Waals surface area contributed by atoms with E-state index >= 15 is 0 Å². The standard InChI is InChI=1S/C21H16N2O5/c1-2-11-27-18-16(12-13-7-3-6-10-17(13)22-18)21(26)28-23-19(24)14-8-4-5-9-15(14)20(23)25/h3-10,12H,2,11H2,1H3. The predicted octanol–water partition coefficient (Wildman–Crippen LogP) is 3.39. The number of imide groups is 1. The molecule has 2 amide bonds. The van der Waals surface area contributed by atoms with E-state index in [-0.39, 0.29) is 22.6 Å². The van der Waals surface area contributed by atoms with Crippen molar-refractivity contribution in [2.75, 3.05) is 6.61 Å². The summed E-state index contributed by atoms with van der Waals surface area (Å²) >= 11 is 0. The second-order valence-corrected chi connectivity index (χ2v) is 6.21. The van der Waals surface area contributed by atoms with Crippen molar-refractivity contribution >= 4 is 28.7 Å². The number of carbonyl (C=O) groups is 3. The molecule has 1 aliphatic heterocycles. The molecule has 0 fully saturated rings. The lowest BCUT2D eigenvalue weighted by Gasteiger charge is -2.15. The highest BCUT2D eigenvalue weighted by molar-refractivity contribution is 6.21. The van der Waals surface area contributed by atoms with E-state index < -0.39 is 17.8 Å². The molecule has 28 heavy (non-hydrogen) atoms. The molecule has 7 heteroatoms. The zero-order valence-electron chi connectivity index (χ0n) is 15.0. The van der Waals surface area contributed by atoms with E-state index in [1.807, 2.05) is 19.1 Å². The average Bonchev–Trinajstić information content (AvgIpc) is 2.96. The van der Waals surface area contributed by atoms with Gasteiger partial charge in [0.15, 0.2) is 0 Å². The smallest absolute Gasteiger partial charge is 0.369 e. The number of rotatable bonds is 5. The number of hydrogen-bond acceptors (Lipinski definition) is 6. The van der Waals surface area contributed by atoms with Gasteiger partial charge in [-0.15, -0.1) is 0 Å². The summed E-state index contributed by atoms with van der Waals surface area (Å²) in [5.41, 5.74) is 1.09. The Balaban J connectivity index is 1.67. The van der Waals surface area contributed by atoms with Crippen LogP contribution in [0.15, 0.2) is 54.6 Å². The molecule has 0 N–H and O–H groups in total. The van der Waals surface area contributed by atoms with Gasteiger partial charge in [0, 0.05) is 5.39 Å². The molecule has 140 valence electrons. The van der Waals surface area contributed by atoms with Crippen LogP contribution < -0.4 is 4.74 Å². The van der Waals surface area contributed by atoms with Crippen molar-refractivity contribution in [3.05, 3.63) is 71.3 Å². The molecule has 7 nitrogen and oxygen atoms in total. The van der Waals surface area contributed by atoms with Crippen LogP contribution in [0, 0.1) is 0 Å². The molecular weight excluding hydrogens is 360 g/mol. The number of fused-ring (bicyclic) bond motifs is 2. The highest BCUT2D eigenvalue weighted by Crippen LogP contribution is 2.27. The van der Waals surface area contributed by atoms with Gasteiger partial charge in [-0.1, -0.05) is 42.3 Å². The van der Waals surface area contributed by atoms with Gasteiger partial charge >= 0.3 is 5.97 Å². The lowest BCUT2D eigenvalue weighted by Crippen LogP contribution is -2.32. The summed E-state index contributed by atoms with van der Waals surface area (Å²) in [5, 5.41) is 1.19. The molecule has 2 aromatic carbocycles. The number of para-hydroxylation sites is 1. The van der Waals surface area contributed by atoms with Crippen LogP contribution in [0.4, 0.5) is 0 Å². The number of benzene rings is 2. The first-order valence-electron chi connectivity index (χ1n) is 8.83. The van der Waals surface area contributed by atoms with Gasteiger partial charge in [0.05, 0.1) is 23.3 Å². The van der Waals surface area contributed by atoms with Crippen molar-refractivity contribution < 1.29 is 24.0 Å². The third kappa shape index (κ3) is 2.96. The normalized spacial score (nSPS) is 13.0. The van der Waals surface area contributed by atoms with E-state index in [1.54, 1.807) is 30.3 Å². The molecule has 0 unspecified atom stereocenters. The van der Waals surface area contributed by atoms with E-state index in [0.29, 0.717) is 22.6 Å². The van der Waals surface area contributed by atoms with Crippen LogP contribution in [0.2, 0.25) is 0 Å². The fraction of sp³-hybridized carbons (Fsp3) is 0.143. The molecule has 0 radical (unpaired) electrons. The number of aromatic nitrogens is 1. The number of hydrogen-bond donors (Lipinski definition) is 0. The van der Waals surface area contributed by atoms with E-state index in [0.717, 1.165) is 6.42 Å². The topological polar surface area (TPSA) is 85.8 Å². The van der Waals surface area contributed by atoms with Crippen LogP contribution in [-0.2, 0) is 4.84 Å². The number of amides is 2. The van der Waals surface area contributed by atoms with Crippen molar-refractivity contribution in [2.24, 2.45) is 0 Å². The first kappa shape index (κ1) is 17.7. The molecular formula is C21H16N2O5. The molecule has 1 aromatic heterocycles. The van der Waals surface area contributed by atoms with E-state index in [9.17, 15) is 14.4 Å². The first-order chi connectivity index (χ1) is 13.6. The van der Waals surface area contributed by atoms with E-state index in [2.05, 4.69) is 4.98 Å². The summed E-state index contributed by atoms with van der Waals surface area (Å²) in [5.74, 6) is -2.15. The zero-order chi connectivity index (χ0) is 19.7. The quantitative estimate of drug-likeness (QED) is 0.635. The number of ether oxygens (including phenoxy) is 1. The number of hydroxylamine groups is 2. The maximum absolute atomic E-state index is 12.8. The minimum Gasteiger partial charge on any atom is -0.477 e. The Morgan fingerprint density at radius 1 is 1.00 bits per heavy atom. The molecule has 1 aliphatic rings. The Bertz CT molecular complexity index is 1070. The maximum Gasteiger partial charge on any atom is 0.369 e. The van der Waals surface area contributed by atoms with E-state index in [1.165, 1.54) is 12.1 Å². The zero-order valence-corrected chi connectivity index (χ0v) is 15.0. The summed E-state index contributed by atoms with van der Waals surface area (Å²) in [7, 11) is 0. The third-order valence-corrected chi connectivity index (χ3v) is 4.28. The molecule has 0 saturated carbocycles. The lowest BCUT2D eigenvalue weighted by molar-refractivity contribution is -0.0586. The van der Waals surface area contributed by atoms with Gasteiger partial charge in [-0.25, -0.2) is 9.78 Å². The second-order valence-electron chi connectivity index (χ2n) is 6.21. The largest absolute Gasteiger partial charge is 0.477 e. The Labute approximate surface area is 160 Å². The van der Waals surface area contributed by atoms with Gasteiger partial charge in [0.1, 0.15) is 5.56 Å². The van der Waals surface area contributed by atoms with Crippen molar-refractivity contribution in [1.82, 2.24) is 10.0 Å². The van der Waals surface area contributed by atoms with Crippen LogP contribution in [0.5, 0.6) is 5.88 Å². The maximum atomic E-state index is 12.8. The molecule has 0 atom stereocenters. The summed E-state index contributed by atoms with van der Waals surface area (Å²) in [6, 6.07) is 15.1. The van der Waals surface area contributed by atoms with Crippen molar-refractivity contribution in [3.63, 3.8) is 0 Å². The fourth-order valence-corrected chi connectivity index (χ4v) is 2.94. The van der Waals surface area contributed by atoms with Gasteiger partial charge in [0.2, 0.25) is 5.88 Å². The summed E-state index contributed by atoms with van der Waals surface area (Å²) in [4.78, 5) is 47.2. The fourth-order valence-electron chi connectivity index (χ4n) is 2.94. The summed E-state index contributed by atoms with van der Waals surface area (Å²) in [6.07, 6.45) is 0.724. The van der Waals surface area contributed by atoms with Crippen LogP contribution in [0.3, 0.4) is 0 Å². The van der Waals surface area contributed by atoms with Crippen molar-refractivity contribution in [3.8, 4) is 5.88 Å². The highest BCUT2D eigenvalue weighted by atomic mass is 16.7. The van der Waals surface area contributed by atoms with Crippen molar-refractivity contribution in [2.45, 2.75) is 13.3 Å². The predicted molar refractivity (Wildman–Crippen MR) is 99.9 cm³/mol. The van der Waals surface area contributed by atoms with Gasteiger partial charge < -0.3 is 9.57 Å². The summed E-state index contributed by atoms with van der Waals surface area (Å²) in [6.45, 7) is 2.29. The molecule has 4 rings (SSSR count). The lowest BCUT2D eigenvalue weighted by atomic mass is 10.1. The molecule has 0 bridgehead atoms. The third-order valence-electron chi connectivity index (χ3n) is 4.28. The number of pyridine rings is 1. The Morgan fingerprint density at radius 3 is 2.32 bits per heavy atom. The molecule has 2 heterocycles. The van der Waals surface area contributed by atoms with Gasteiger partial charge in [-0.05, 0) is 30.7 Å². The van der Waals surface area contributed by atoms with Gasteiger partial charge in [-0.3, -0.25) is 9.59 Å². The Morgan fingerprint density at radius 2 is 1.64 bits per heavy atom. The molecule has 3 aromatic rings. The van der Waals surface area contributed by atoms with Crippen LogP contribution in [0.25, 0.3) is 10.9 Å². The van der Waals surface area contributed by atoms with Crippen molar-refractivity contribution in [1.29, 1.82) is 0 Å². The molecule has 0 saturated heterocycles. The number of carbonyl (C=O) groups excluding carboxylic acids is 3. The van der Waals surface area contributed by atoms with Crippen LogP contribution >= 0.6 is 0 Å². The minimum absolute atomic E-state index is 0.0451. The van der Waals surface area contributed by atoms with Gasteiger partial charge in [-0.2, -0.15) is 0 Å². The summed E-state index contributed by atoms with van der Waals surface area (Å²) < 4.78 is 5.60. The Kier molecular flexibility index (Phi) is 4.49. The number of nitrogens with zero attached hydrogens (tertiary/aromatic N) is 2. The SMILES string of the molecule is CCCOc1nc2ccccc2cc1C(=O)ON1C(=O)c2ccccc2C1=O. The average molecular weight is 376 g/mol.